The standard InChI is InChI=1S/C11H9ClF3N3O/c1-10(17,11(13,14)15)9(19)18-8-4-7(12)3-2-6(8)5-16/h2-4H,17H2,1H3,(H,18,19). The van der Waals surface area contributed by atoms with Crippen LogP contribution in [0, 0.1) is 11.3 Å². The van der Waals surface area contributed by atoms with Crippen LogP contribution in [0.5, 0.6) is 0 Å². The van der Waals surface area contributed by atoms with E-state index in [1.165, 1.54) is 18.2 Å². The van der Waals surface area contributed by atoms with Gasteiger partial charge in [-0.15, -0.1) is 0 Å². The van der Waals surface area contributed by atoms with Crippen molar-refractivity contribution in [3.05, 3.63) is 28.8 Å². The predicted octanol–water partition coefficient (Wildman–Crippen LogP) is 2.43. The number of anilines is 1. The number of hydrogen-bond donors (Lipinski definition) is 2. The highest BCUT2D eigenvalue weighted by Gasteiger charge is 2.54. The van der Waals surface area contributed by atoms with E-state index in [-0.39, 0.29) is 16.3 Å². The van der Waals surface area contributed by atoms with Gasteiger partial charge in [0.25, 0.3) is 5.91 Å². The summed E-state index contributed by atoms with van der Waals surface area (Å²) in [6, 6.07) is 5.55. The van der Waals surface area contributed by atoms with E-state index in [0.29, 0.717) is 6.92 Å². The molecule has 0 aliphatic carbocycles. The fourth-order valence-electron chi connectivity index (χ4n) is 1.10. The maximum Gasteiger partial charge on any atom is 0.415 e. The molecule has 1 amide bonds. The van der Waals surface area contributed by atoms with E-state index in [2.05, 4.69) is 0 Å². The quantitative estimate of drug-likeness (QED) is 0.878. The van der Waals surface area contributed by atoms with Crippen LogP contribution in [0.1, 0.15) is 12.5 Å². The van der Waals surface area contributed by atoms with Gasteiger partial charge in [-0.25, -0.2) is 0 Å². The first kappa shape index (κ1) is 15.3. The van der Waals surface area contributed by atoms with Crippen LogP contribution in [0.2, 0.25) is 5.02 Å². The monoisotopic (exact) mass is 291 g/mol. The van der Waals surface area contributed by atoms with Gasteiger partial charge < -0.3 is 11.1 Å². The smallest absolute Gasteiger partial charge is 0.323 e. The molecule has 0 heterocycles. The number of nitriles is 1. The van der Waals surface area contributed by atoms with E-state index >= 15 is 0 Å². The normalized spacial score (nSPS) is 14.4. The number of amides is 1. The molecule has 0 radical (unpaired) electrons. The summed E-state index contributed by atoms with van der Waals surface area (Å²) in [5.41, 5.74) is 1.75. The molecule has 1 aromatic carbocycles. The van der Waals surface area contributed by atoms with E-state index in [1.54, 1.807) is 6.07 Å². The SMILES string of the molecule is CC(N)(C(=O)Nc1cc(Cl)ccc1C#N)C(F)(F)F. The summed E-state index contributed by atoms with van der Waals surface area (Å²) >= 11 is 5.65. The molecular weight excluding hydrogens is 283 g/mol. The summed E-state index contributed by atoms with van der Waals surface area (Å²) in [5.74, 6) is -1.47. The van der Waals surface area contributed by atoms with E-state index in [9.17, 15) is 18.0 Å². The Kier molecular flexibility index (Phi) is 4.08. The predicted molar refractivity (Wildman–Crippen MR) is 63.4 cm³/mol. The van der Waals surface area contributed by atoms with Gasteiger partial charge in [0.05, 0.1) is 11.3 Å². The maximum atomic E-state index is 12.6. The molecule has 8 heteroatoms. The van der Waals surface area contributed by atoms with Crippen LogP contribution in [0.15, 0.2) is 18.2 Å². The maximum absolute atomic E-state index is 12.6. The highest BCUT2D eigenvalue weighted by Crippen LogP contribution is 2.30. The fourth-order valence-corrected chi connectivity index (χ4v) is 1.27. The van der Waals surface area contributed by atoms with Crippen LogP contribution in [0.25, 0.3) is 0 Å². The minimum Gasteiger partial charge on any atom is -0.323 e. The van der Waals surface area contributed by atoms with E-state index in [4.69, 9.17) is 22.6 Å². The van der Waals surface area contributed by atoms with E-state index in [1.807, 2.05) is 5.32 Å². The van der Waals surface area contributed by atoms with Crippen molar-refractivity contribution in [2.45, 2.75) is 18.6 Å². The third-order valence-electron chi connectivity index (χ3n) is 2.41. The molecule has 1 unspecified atom stereocenters. The van der Waals surface area contributed by atoms with Crippen molar-refractivity contribution < 1.29 is 18.0 Å². The van der Waals surface area contributed by atoms with Crippen molar-refractivity contribution in [3.8, 4) is 6.07 Å². The van der Waals surface area contributed by atoms with Crippen LogP contribution < -0.4 is 11.1 Å². The Morgan fingerprint density at radius 3 is 2.53 bits per heavy atom. The first-order chi connectivity index (χ1) is 8.59. The van der Waals surface area contributed by atoms with Crippen LogP contribution in [0.4, 0.5) is 18.9 Å². The van der Waals surface area contributed by atoms with Gasteiger partial charge in [-0.3, -0.25) is 4.79 Å². The summed E-state index contributed by atoms with van der Waals surface area (Å²) in [4.78, 5) is 11.6. The molecule has 102 valence electrons. The molecule has 0 fully saturated rings. The highest BCUT2D eigenvalue weighted by atomic mass is 35.5. The molecule has 19 heavy (non-hydrogen) atoms. The molecule has 0 spiro atoms. The number of halogens is 4. The minimum absolute atomic E-state index is 0.0178. The van der Waals surface area contributed by atoms with Crippen molar-refractivity contribution in [3.63, 3.8) is 0 Å². The topological polar surface area (TPSA) is 78.9 Å². The summed E-state index contributed by atoms with van der Waals surface area (Å²) < 4.78 is 37.7. The van der Waals surface area contributed by atoms with E-state index < -0.39 is 17.6 Å². The zero-order valence-electron chi connectivity index (χ0n) is 9.68. The van der Waals surface area contributed by atoms with Crippen molar-refractivity contribution in [2.75, 3.05) is 5.32 Å². The number of alkyl halides is 3. The van der Waals surface area contributed by atoms with Gasteiger partial charge in [0.1, 0.15) is 6.07 Å². The first-order valence-corrected chi connectivity index (χ1v) is 5.34. The van der Waals surface area contributed by atoms with Crippen molar-refractivity contribution in [2.24, 2.45) is 5.73 Å². The Morgan fingerprint density at radius 2 is 2.05 bits per heavy atom. The van der Waals surface area contributed by atoms with Crippen LogP contribution in [0.3, 0.4) is 0 Å². The van der Waals surface area contributed by atoms with Gasteiger partial charge in [0, 0.05) is 5.02 Å². The Balaban J connectivity index is 3.08. The number of rotatable bonds is 2. The van der Waals surface area contributed by atoms with Gasteiger partial charge in [0.15, 0.2) is 5.54 Å². The third-order valence-corrected chi connectivity index (χ3v) is 2.65. The molecule has 3 N–H and O–H groups in total. The Labute approximate surface area is 111 Å². The second kappa shape index (κ2) is 5.07. The summed E-state index contributed by atoms with van der Waals surface area (Å²) in [6.07, 6.45) is -4.91. The Morgan fingerprint density at radius 1 is 1.47 bits per heavy atom. The van der Waals surface area contributed by atoms with Crippen LogP contribution in [-0.2, 0) is 4.79 Å². The average Bonchev–Trinajstić information content (AvgIpc) is 2.27. The highest BCUT2D eigenvalue weighted by molar-refractivity contribution is 6.31. The molecule has 4 nitrogen and oxygen atoms in total. The Hall–Kier alpha value is -1.78. The van der Waals surface area contributed by atoms with Crippen LogP contribution in [-0.4, -0.2) is 17.6 Å². The molecule has 1 rings (SSSR count). The molecule has 0 aromatic heterocycles. The number of nitrogens with two attached hydrogens (primary N) is 1. The molecule has 0 bridgehead atoms. The molecule has 0 aliphatic heterocycles. The summed E-state index contributed by atoms with van der Waals surface area (Å²) in [7, 11) is 0. The van der Waals surface area contributed by atoms with E-state index in [0.717, 1.165) is 0 Å². The lowest BCUT2D eigenvalue weighted by atomic mass is 10.0. The molecular formula is C11H9ClF3N3O. The van der Waals surface area contributed by atoms with Crippen molar-refractivity contribution >= 4 is 23.2 Å². The van der Waals surface area contributed by atoms with Crippen molar-refractivity contribution in [1.82, 2.24) is 0 Å². The summed E-state index contributed by atoms with van der Waals surface area (Å²) in [5, 5.41) is 10.9. The van der Waals surface area contributed by atoms with Gasteiger partial charge in [-0.2, -0.15) is 18.4 Å². The molecule has 0 saturated heterocycles. The van der Waals surface area contributed by atoms with Gasteiger partial charge in [0.2, 0.25) is 0 Å². The first-order valence-electron chi connectivity index (χ1n) is 4.96. The number of carbonyl (C=O) groups excluding carboxylic acids is 1. The van der Waals surface area contributed by atoms with Crippen LogP contribution >= 0.6 is 11.6 Å². The molecule has 0 aliphatic rings. The zero-order chi connectivity index (χ0) is 14.8. The van der Waals surface area contributed by atoms with Crippen molar-refractivity contribution in [1.29, 1.82) is 5.26 Å². The lowest BCUT2D eigenvalue weighted by Crippen LogP contribution is -2.59. The minimum atomic E-state index is -4.91. The number of nitrogens with one attached hydrogen (secondary N) is 1. The lowest BCUT2D eigenvalue weighted by molar-refractivity contribution is -0.184. The average molecular weight is 292 g/mol. The second-order valence-electron chi connectivity index (χ2n) is 3.96. The molecule has 1 atom stereocenters. The third kappa shape index (κ3) is 3.16. The lowest BCUT2D eigenvalue weighted by Gasteiger charge is -2.26. The molecule has 1 aromatic rings. The fraction of sp³-hybridized carbons (Fsp3) is 0.273. The van der Waals surface area contributed by atoms with Gasteiger partial charge >= 0.3 is 6.18 Å². The zero-order valence-corrected chi connectivity index (χ0v) is 10.4. The second-order valence-corrected chi connectivity index (χ2v) is 4.39. The van der Waals surface area contributed by atoms with Gasteiger partial charge in [-0.1, -0.05) is 11.6 Å². The number of hydrogen-bond acceptors (Lipinski definition) is 3. The summed E-state index contributed by atoms with van der Waals surface area (Å²) in [6.45, 7) is 0.541. The number of nitrogens with zero attached hydrogens (tertiary/aromatic N) is 1. The van der Waals surface area contributed by atoms with Gasteiger partial charge in [-0.05, 0) is 25.1 Å². The number of carbonyl (C=O) groups is 1. The Bertz CT molecular complexity index is 549. The number of benzene rings is 1. The largest absolute Gasteiger partial charge is 0.415 e. The molecule has 0 saturated carbocycles.